The molecule has 1 aliphatic rings. The van der Waals surface area contributed by atoms with E-state index in [9.17, 15) is 18.4 Å². The highest BCUT2D eigenvalue weighted by molar-refractivity contribution is 8.00. The zero-order valence-electron chi connectivity index (χ0n) is 17.7. The zero-order valence-corrected chi connectivity index (χ0v) is 20.2. The minimum atomic E-state index is -2.49. The number of hydrogen-bond acceptors (Lipinski definition) is 6. The van der Waals surface area contributed by atoms with Gasteiger partial charge < -0.3 is 5.32 Å². The van der Waals surface area contributed by atoms with Crippen LogP contribution in [0.15, 0.2) is 74.8 Å². The second-order valence-electron chi connectivity index (χ2n) is 7.76. The first-order chi connectivity index (χ1) is 16.5. The first kappa shape index (κ1) is 23.1. The molecule has 0 bridgehead atoms. The van der Waals surface area contributed by atoms with Crippen molar-refractivity contribution in [2.75, 3.05) is 11.1 Å². The molecular weight excluding hydrogens is 496 g/mol. The molecule has 1 aliphatic carbocycles. The zero-order chi connectivity index (χ0) is 23.7. The van der Waals surface area contributed by atoms with E-state index in [0.717, 1.165) is 18.4 Å². The molecule has 0 saturated heterocycles. The Bertz CT molecular complexity index is 1380. The monoisotopic (exact) mass is 515 g/mol. The Kier molecular flexibility index (Phi) is 6.71. The van der Waals surface area contributed by atoms with Crippen LogP contribution in [0.5, 0.6) is 0 Å². The fraction of sp³-hybridized carbons (Fsp3) is 0.208. The summed E-state index contributed by atoms with van der Waals surface area (Å²) in [6.07, 6.45) is 2.18. The lowest BCUT2D eigenvalue weighted by molar-refractivity contribution is -0.113. The van der Waals surface area contributed by atoms with Crippen molar-refractivity contribution in [2.45, 2.75) is 34.6 Å². The van der Waals surface area contributed by atoms with E-state index < -0.39 is 5.76 Å². The van der Waals surface area contributed by atoms with Gasteiger partial charge in [-0.1, -0.05) is 41.7 Å². The van der Waals surface area contributed by atoms with Gasteiger partial charge in [0, 0.05) is 10.6 Å². The molecule has 1 saturated carbocycles. The van der Waals surface area contributed by atoms with Crippen molar-refractivity contribution in [3.05, 3.63) is 75.9 Å². The van der Waals surface area contributed by atoms with E-state index in [4.69, 9.17) is 4.98 Å². The molecule has 4 aromatic rings. The Balaban J connectivity index is 1.39. The van der Waals surface area contributed by atoms with Crippen LogP contribution in [0.1, 0.15) is 24.3 Å². The summed E-state index contributed by atoms with van der Waals surface area (Å²) in [6, 6.07) is 15.5. The second-order valence-corrected chi connectivity index (χ2v) is 10.6. The summed E-state index contributed by atoms with van der Waals surface area (Å²) in [6.45, 7) is 0. The van der Waals surface area contributed by atoms with Crippen LogP contribution in [-0.4, -0.2) is 27.0 Å². The molecule has 10 heteroatoms. The standard InChI is InChI=1S/C24H19F2N3O2S3/c25-23(26)34-17-10-8-15(9-11-17)27-19(30)13-33-24-28-21-20(18(12-32-21)14-6-7-14)22(31)29(24)16-4-2-1-3-5-16/h1-5,8-12,14,23H,6-7,13H2,(H,27,30). The van der Waals surface area contributed by atoms with Gasteiger partial charge in [-0.2, -0.15) is 8.78 Å². The second kappa shape index (κ2) is 9.89. The molecule has 0 unspecified atom stereocenters. The van der Waals surface area contributed by atoms with Crippen LogP contribution in [0.4, 0.5) is 14.5 Å². The van der Waals surface area contributed by atoms with Gasteiger partial charge in [-0.05, 0) is 66.1 Å². The van der Waals surface area contributed by atoms with Crippen LogP contribution in [0, 0.1) is 0 Å². The van der Waals surface area contributed by atoms with Gasteiger partial charge in [0.2, 0.25) is 5.91 Å². The highest BCUT2D eigenvalue weighted by atomic mass is 32.2. The quantitative estimate of drug-likeness (QED) is 0.218. The number of carbonyl (C=O) groups is 1. The lowest BCUT2D eigenvalue weighted by atomic mass is 10.1. The normalized spacial score (nSPS) is 13.5. The van der Waals surface area contributed by atoms with Crippen LogP contribution < -0.4 is 10.9 Å². The van der Waals surface area contributed by atoms with Gasteiger partial charge in [-0.3, -0.25) is 14.2 Å². The Labute approximate surface area is 206 Å². The molecule has 5 nitrogen and oxygen atoms in total. The third kappa shape index (κ3) is 5.03. The van der Waals surface area contributed by atoms with Gasteiger partial charge in [0.05, 0.1) is 16.8 Å². The number of thiophene rings is 1. The molecule has 1 N–H and O–H groups in total. The van der Waals surface area contributed by atoms with Crippen LogP contribution in [0.3, 0.4) is 0 Å². The summed E-state index contributed by atoms with van der Waals surface area (Å²) in [5.41, 5.74) is 2.17. The molecule has 34 heavy (non-hydrogen) atoms. The molecule has 2 aromatic heterocycles. The van der Waals surface area contributed by atoms with E-state index in [1.165, 1.54) is 35.2 Å². The first-order valence-corrected chi connectivity index (χ1v) is 13.3. The van der Waals surface area contributed by atoms with Gasteiger partial charge in [-0.25, -0.2) is 4.98 Å². The van der Waals surface area contributed by atoms with E-state index >= 15 is 0 Å². The predicted octanol–water partition coefficient (Wildman–Crippen LogP) is 6.37. The van der Waals surface area contributed by atoms with Crippen LogP contribution >= 0.6 is 34.9 Å². The smallest absolute Gasteiger partial charge is 0.288 e. The van der Waals surface area contributed by atoms with Crippen LogP contribution in [0.25, 0.3) is 15.9 Å². The number of nitrogens with zero attached hydrogens (tertiary/aromatic N) is 2. The first-order valence-electron chi connectivity index (χ1n) is 10.6. The Morgan fingerprint density at radius 3 is 2.56 bits per heavy atom. The topological polar surface area (TPSA) is 64.0 Å². The minimum Gasteiger partial charge on any atom is -0.325 e. The van der Waals surface area contributed by atoms with Crippen molar-refractivity contribution < 1.29 is 13.6 Å². The SMILES string of the molecule is O=C(CSc1nc2scc(C3CC3)c2c(=O)n1-c1ccccc1)Nc1ccc(SC(F)F)cc1. The number of fused-ring (bicyclic) bond motifs is 1. The summed E-state index contributed by atoms with van der Waals surface area (Å²) in [5, 5.41) is 5.92. The van der Waals surface area contributed by atoms with Gasteiger partial charge >= 0.3 is 0 Å². The molecule has 1 fully saturated rings. The fourth-order valence-electron chi connectivity index (χ4n) is 3.64. The molecule has 5 rings (SSSR count). The van der Waals surface area contributed by atoms with Gasteiger partial charge in [0.1, 0.15) is 4.83 Å². The summed E-state index contributed by atoms with van der Waals surface area (Å²) >= 11 is 3.10. The van der Waals surface area contributed by atoms with E-state index in [-0.39, 0.29) is 17.2 Å². The van der Waals surface area contributed by atoms with Crippen molar-refractivity contribution in [3.63, 3.8) is 0 Å². The number of para-hydroxylation sites is 1. The summed E-state index contributed by atoms with van der Waals surface area (Å²) in [5.74, 6) is -2.30. The number of amides is 1. The van der Waals surface area contributed by atoms with Crippen LogP contribution in [0.2, 0.25) is 0 Å². The number of halogens is 2. The van der Waals surface area contributed by atoms with Crippen molar-refractivity contribution in [2.24, 2.45) is 0 Å². The van der Waals surface area contributed by atoms with E-state index in [1.807, 2.05) is 35.7 Å². The molecule has 0 spiro atoms. The number of rotatable bonds is 8. The third-order valence-electron chi connectivity index (χ3n) is 5.33. The lowest BCUT2D eigenvalue weighted by Crippen LogP contribution is -2.23. The highest BCUT2D eigenvalue weighted by Gasteiger charge is 2.29. The predicted molar refractivity (Wildman–Crippen MR) is 135 cm³/mol. The van der Waals surface area contributed by atoms with Crippen molar-refractivity contribution in [1.29, 1.82) is 0 Å². The maximum Gasteiger partial charge on any atom is 0.288 e. The van der Waals surface area contributed by atoms with Crippen molar-refractivity contribution >= 4 is 56.7 Å². The maximum absolute atomic E-state index is 13.6. The molecular formula is C24H19F2N3O2S3. The molecule has 0 aliphatic heterocycles. The van der Waals surface area contributed by atoms with Gasteiger partial charge in [-0.15, -0.1) is 11.3 Å². The van der Waals surface area contributed by atoms with E-state index in [0.29, 0.717) is 49.3 Å². The number of benzene rings is 2. The summed E-state index contributed by atoms with van der Waals surface area (Å²) < 4.78 is 26.5. The van der Waals surface area contributed by atoms with Gasteiger partial charge in [0.25, 0.3) is 11.3 Å². The average molecular weight is 516 g/mol. The number of carbonyl (C=O) groups excluding carboxylic acids is 1. The van der Waals surface area contributed by atoms with Crippen molar-refractivity contribution in [1.82, 2.24) is 9.55 Å². The average Bonchev–Trinajstić information content (AvgIpc) is 3.58. The summed E-state index contributed by atoms with van der Waals surface area (Å²) in [7, 11) is 0. The van der Waals surface area contributed by atoms with Gasteiger partial charge in [0.15, 0.2) is 5.16 Å². The molecule has 1 amide bonds. The number of thioether (sulfide) groups is 2. The Morgan fingerprint density at radius 2 is 1.88 bits per heavy atom. The Morgan fingerprint density at radius 1 is 1.15 bits per heavy atom. The maximum atomic E-state index is 13.6. The number of anilines is 1. The number of hydrogen-bond donors (Lipinski definition) is 1. The number of aromatic nitrogens is 2. The molecule has 0 atom stereocenters. The third-order valence-corrected chi connectivity index (χ3v) is 7.88. The Hall–Kier alpha value is -2.69. The fourth-order valence-corrected chi connectivity index (χ4v) is 6.01. The molecule has 2 heterocycles. The highest BCUT2D eigenvalue weighted by Crippen LogP contribution is 2.44. The minimum absolute atomic E-state index is 0.0408. The summed E-state index contributed by atoms with van der Waals surface area (Å²) in [4.78, 5) is 32.0. The molecule has 0 radical (unpaired) electrons. The number of nitrogens with one attached hydrogen (secondary N) is 1. The largest absolute Gasteiger partial charge is 0.325 e. The van der Waals surface area contributed by atoms with Crippen LogP contribution in [-0.2, 0) is 4.79 Å². The molecule has 174 valence electrons. The lowest BCUT2D eigenvalue weighted by Gasteiger charge is -2.12. The van der Waals surface area contributed by atoms with Crippen molar-refractivity contribution in [3.8, 4) is 5.69 Å². The van der Waals surface area contributed by atoms with E-state index in [1.54, 1.807) is 16.7 Å². The molecule has 2 aromatic carbocycles. The number of alkyl halides is 2. The van der Waals surface area contributed by atoms with E-state index in [2.05, 4.69) is 5.32 Å².